The molecule has 0 radical (unpaired) electrons. The van der Waals surface area contributed by atoms with E-state index >= 15 is 0 Å². The monoisotopic (exact) mass is 197 g/mol. The van der Waals surface area contributed by atoms with Crippen LogP contribution in [0.4, 0.5) is 5.69 Å². The molecule has 74 valence electrons. The van der Waals surface area contributed by atoms with Crippen molar-refractivity contribution in [1.82, 2.24) is 0 Å². The second kappa shape index (κ2) is 3.73. The van der Waals surface area contributed by atoms with Gasteiger partial charge in [-0.15, -0.1) is 4.91 Å². The van der Waals surface area contributed by atoms with Gasteiger partial charge in [-0.05, 0) is 11.2 Å². The van der Waals surface area contributed by atoms with Gasteiger partial charge < -0.3 is 14.9 Å². The summed E-state index contributed by atoms with van der Waals surface area (Å²) in [6.07, 6.45) is 0. The minimum absolute atomic E-state index is 0.278. The van der Waals surface area contributed by atoms with Crippen molar-refractivity contribution in [3.8, 4) is 11.5 Å². The van der Waals surface area contributed by atoms with Gasteiger partial charge in [0.25, 0.3) is 0 Å². The second-order valence-electron chi connectivity index (χ2n) is 2.44. The van der Waals surface area contributed by atoms with Crippen molar-refractivity contribution in [2.45, 2.75) is 0 Å². The first-order chi connectivity index (χ1) is 6.60. The fraction of sp³-hybridized carbons (Fsp3) is 0.125. The Morgan fingerprint density at radius 3 is 2.57 bits per heavy atom. The number of carbonyl (C=O) groups excluding carboxylic acids is 1. The summed E-state index contributed by atoms with van der Waals surface area (Å²) in [5, 5.41) is 20.7. The van der Waals surface area contributed by atoms with Gasteiger partial charge in [-0.1, -0.05) is 0 Å². The molecule has 0 atom stereocenters. The summed E-state index contributed by atoms with van der Waals surface area (Å²) >= 11 is 0. The van der Waals surface area contributed by atoms with Crippen LogP contribution < -0.4 is 0 Å². The molecular formula is C8H7NO5. The second-order valence-corrected chi connectivity index (χ2v) is 2.44. The van der Waals surface area contributed by atoms with E-state index in [1.165, 1.54) is 0 Å². The Kier molecular flexibility index (Phi) is 2.66. The highest BCUT2D eigenvalue weighted by Gasteiger charge is 2.17. The first-order valence-corrected chi connectivity index (χ1v) is 3.57. The number of hydrogen-bond donors (Lipinski definition) is 2. The van der Waals surface area contributed by atoms with Gasteiger partial charge in [0.1, 0.15) is 11.5 Å². The molecule has 0 saturated heterocycles. The van der Waals surface area contributed by atoms with Gasteiger partial charge in [-0.2, -0.15) is 0 Å². The number of phenols is 2. The average molecular weight is 197 g/mol. The van der Waals surface area contributed by atoms with E-state index in [1.54, 1.807) is 0 Å². The highest BCUT2D eigenvalue weighted by molar-refractivity contribution is 5.96. The zero-order valence-electron chi connectivity index (χ0n) is 7.22. The van der Waals surface area contributed by atoms with Gasteiger partial charge in [0.2, 0.25) is 0 Å². The average Bonchev–Trinajstić information content (AvgIpc) is 2.15. The Hall–Kier alpha value is -2.11. The van der Waals surface area contributed by atoms with Gasteiger partial charge in [-0.25, -0.2) is 4.79 Å². The number of methoxy groups -OCH3 is 1. The van der Waals surface area contributed by atoms with E-state index < -0.39 is 17.4 Å². The molecule has 2 N–H and O–H groups in total. The zero-order valence-corrected chi connectivity index (χ0v) is 7.22. The lowest BCUT2D eigenvalue weighted by Gasteiger charge is -2.03. The predicted octanol–water partition coefficient (Wildman–Crippen LogP) is 1.28. The van der Waals surface area contributed by atoms with Crippen LogP contribution in [0.2, 0.25) is 0 Å². The van der Waals surface area contributed by atoms with Gasteiger partial charge in [0.05, 0.1) is 12.7 Å². The van der Waals surface area contributed by atoms with Crippen LogP contribution in [0, 0.1) is 4.91 Å². The number of carbonyl (C=O) groups is 1. The fourth-order valence-corrected chi connectivity index (χ4v) is 0.966. The summed E-state index contributed by atoms with van der Waals surface area (Å²) < 4.78 is 4.33. The highest BCUT2D eigenvalue weighted by Crippen LogP contribution is 2.34. The summed E-state index contributed by atoms with van der Waals surface area (Å²) in [4.78, 5) is 21.3. The lowest BCUT2D eigenvalue weighted by atomic mass is 10.1. The summed E-state index contributed by atoms with van der Waals surface area (Å²) in [7, 11) is 1.11. The number of benzene rings is 1. The van der Waals surface area contributed by atoms with Crippen molar-refractivity contribution in [3.63, 3.8) is 0 Å². The number of aromatic hydroxyl groups is 2. The molecule has 0 aliphatic rings. The van der Waals surface area contributed by atoms with Crippen LogP contribution in [0.15, 0.2) is 17.3 Å². The van der Waals surface area contributed by atoms with Crippen LogP contribution in [0.5, 0.6) is 11.5 Å². The Bertz CT molecular complexity index is 388. The van der Waals surface area contributed by atoms with Gasteiger partial charge in [0, 0.05) is 6.07 Å². The predicted molar refractivity (Wildman–Crippen MR) is 46.6 cm³/mol. The lowest BCUT2D eigenvalue weighted by molar-refractivity contribution is 0.0601. The Balaban J connectivity index is 3.39. The number of esters is 1. The zero-order chi connectivity index (χ0) is 10.7. The normalized spacial score (nSPS) is 9.50. The maximum atomic E-state index is 11.1. The summed E-state index contributed by atoms with van der Waals surface area (Å²) in [6.45, 7) is 0. The third-order valence-electron chi connectivity index (χ3n) is 1.57. The van der Waals surface area contributed by atoms with E-state index in [1.807, 2.05) is 0 Å². The van der Waals surface area contributed by atoms with E-state index in [9.17, 15) is 9.70 Å². The standard InChI is InChI=1S/C8H7NO5/c1-14-8(12)5-2-4(10)3-6(11)7(5)9-13/h2-3,10-11H,1H3. The molecule has 1 aromatic carbocycles. The third kappa shape index (κ3) is 1.63. The number of hydrogen-bond acceptors (Lipinski definition) is 6. The molecule has 0 aromatic heterocycles. The smallest absolute Gasteiger partial charge is 0.340 e. The van der Waals surface area contributed by atoms with Gasteiger partial charge >= 0.3 is 5.97 Å². The van der Waals surface area contributed by atoms with Crippen molar-refractivity contribution in [2.24, 2.45) is 5.18 Å². The number of phenolic OH excluding ortho intramolecular Hbond substituents is 2. The summed E-state index contributed by atoms with van der Waals surface area (Å²) in [5.74, 6) is -1.78. The van der Waals surface area contributed by atoms with Crippen molar-refractivity contribution in [3.05, 3.63) is 22.6 Å². The quantitative estimate of drug-likeness (QED) is 0.549. The number of rotatable bonds is 2. The molecule has 0 spiro atoms. The molecule has 0 heterocycles. The number of ether oxygens (including phenoxy) is 1. The maximum Gasteiger partial charge on any atom is 0.340 e. The van der Waals surface area contributed by atoms with Crippen molar-refractivity contribution in [1.29, 1.82) is 0 Å². The van der Waals surface area contributed by atoms with Crippen LogP contribution >= 0.6 is 0 Å². The summed E-state index contributed by atoms with van der Waals surface area (Å²) in [5.41, 5.74) is -0.727. The molecule has 0 fully saturated rings. The van der Waals surface area contributed by atoms with E-state index in [0.29, 0.717) is 0 Å². The molecule has 1 rings (SSSR count). The molecule has 0 amide bonds. The molecule has 6 heteroatoms. The minimum atomic E-state index is -0.856. The van der Waals surface area contributed by atoms with Crippen LogP contribution in [-0.2, 0) is 4.74 Å². The number of nitrogens with zero attached hydrogens (tertiary/aromatic N) is 1. The van der Waals surface area contributed by atoms with E-state index in [0.717, 1.165) is 19.2 Å². The maximum absolute atomic E-state index is 11.1. The largest absolute Gasteiger partial charge is 0.508 e. The fourth-order valence-electron chi connectivity index (χ4n) is 0.966. The molecule has 1 aromatic rings. The van der Waals surface area contributed by atoms with Gasteiger partial charge in [-0.3, -0.25) is 0 Å². The third-order valence-corrected chi connectivity index (χ3v) is 1.57. The molecule has 14 heavy (non-hydrogen) atoms. The summed E-state index contributed by atoms with van der Waals surface area (Å²) in [6, 6.07) is 1.89. The Morgan fingerprint density at radius 2 is 2.07 bits per heavy atom. The minimum Gasteiger partial charge on any atom is -0.508 e. The molecule has 0 aliphatic heterocycles. The molecule has 0 unspecified atom stereocenters. The molecular weight excluding hydrogens is 190 g/mol. The van der Waals surface area contributed by atoms with Gasteiger partial charge in [0.15, 0.2) is 5.69 Å². The highest BCUT2D eigenvalue weighted by atomic mass is 16.5. The Labute approximate surface area is 78.7 Å². The van der Waals surface area contributed by atoms with Crippen molar-refractivity contribution in [2.75, 3.05) is 7.11 Å². The van der Waals surface area contributed by atoms with Crippen molar-refractivity contribution < 1.29 is 19.7 Å². The van der Waals surface area contributed by atoms with Crippen LogP contribution in [-0.4, -0.2) is 23.3 Å². The van der Waals surface area contributed by atoms with E-state index in [4.69, 9.17) is 10.2 Å². The molecule has 0 saturated carbocycles. The molecule has 0 aliphatic carbocycles. The van der Waals surface area contributed by atoms with Crippen LogP contribution in [0.25, 0.3) is 0 Å². The van der Waals surface area contributed by atoms with Crippen LogP contribution in [0.3, 0.4) is 0 Å². The van der Waals surface area contributed by atoms with E-state index in [2.05, 4.69) is 9.91 Å². The number of nitroso groups, excluding NO2 is 1. The van der Waals surface area contributed by atoms with Crippen LogP contribution in [0.1, 0.15) is 10.4 Å². The first-order valence-electron chi connectivity index (χ1n) is 3.57. The van der Waals surface area contributed by atoms with Crippen molar-refractivity contribution >= 4 is 11.7 Å². The lowest BCUT2D eigenvalue weighted by Crippen LogP contribution is -2.01. The molecule has 6 nitrogen and oxygen atoms in total. The molecule has 0 bridgehead atoms. The SMILES string of the molecule is COC(=O)c1cc(O)cc(O)c1N=O. The first kappa shape index (κ1) is 9.97. The van der Waals surface area contributed by atoms with E-state index in [-0.39, 0.29) is 11.3 Å². The topological polar surface area (TPSA) is 96.2 Å². The Morgan fingerprint density at radius 1 is 1.43 bits per heavy atom.